The van der Waals surface area contributed by atoms with E-state index in [1.54, 1.807) is 15.8 Å². The van der Waals surface area contributed by atoms with Gasteiger partial charge in [0.25, 0.3) is 5.91 Å². The molecule has 0 spiro atoms. The summed E-state index contributed by atoms with van der Waals surface area (Å²) in [5, 5.41) is 4.15. The number of primary amides is 1. The van der Waals surface area contributed by atoms with E-state index in [2.05, 4.69) is 5.10 Å². The van der Waals surface area contributed by atoms with Crippen molar-refractivity contribution in [3.8, 4) is 5.75 Å². The number of nitrogens with two attached hydrogens (primary N) is 1. The number of carbonyl (C=O) groups is 2. The molecule has 7 heteroatoms. The van der Waals surface area contributed by atoms with Gasteiger partial charge in [-0.15, -0.1) is 0 Å². The molecule has 0 radical (unpaired) electrons. The lowest BCUT2D eigenvalue weighted by Gasteiger charge is -2.17. The van der Waals surface area contributed by atoms with Crippen molar-refractivity contribution in [3.63, 3.8) is 0 Å². The Kier molecular flexibility index (Phi) is 4.97. The Morgan fingerprint density at radius 2 is 2.04 bits per heavy atom. The lowest BCUT2D eigenvalue weighted by Crippen LogP contribution is -2.34. The first-order valence-electron chi connectivity index (χ1n) is 8.61. The molecule has 0 bridgehead atoms. The molecule has 1 aromatic carbocycles. The number of benzene rings is 1. The fraction of sp³-hybridized carbons (Fsp3) is 0.421. The molecule has 2 aromatic rings. The van der Waals surface area contributed by atoms with E-state index < -0.39 is 11.8 Å². The number of ether oxygens (including phenoxy) is 1. The fourth-order valence-electron chi connectivity index (χ4n) is 3.31. The first-order chi connectivity index (χ1) is 12.3. The summed E-state index contributed by atoms with van der Waals surface area (Å²) in [5.74, 6) is -0.433. The van der Waals surface area contributed by atoms with E-state index in [0.29, 0.717) is 18.8 Å². The third-order valence-electron chi connectivity index (χ3n) is 5.03. The molecule has 1 aliphatic rings. The third kappa shape index (κ3) is 3.71. The van der Waals surface area contributed by atoms with Crippen molar-refractivity contribution < 1.29 is 14.3 Å². The van der Waals surface area contributed by atoms with Crippen LogP contribution in [-0.4, -0.2) is 46.2 Å². The van der Waals surface area contributed by atoms with Crippen LogP contribution in [0.15, 0.2) is 30.6 Å². The molecule has 2 amide bonds. The topological polar surface area (TPSA) is 90.4 Å². The van der Waals surface area contributed by atoms with Gasteiger partial charge >= 0.3 is 0 Å². The molecular weight excluding hydrogens is 332 g/mol. The zero-order valence-corrected chi connectivity index (χ0v) is 15.3. The van der Waals surface area contributed by atoms with Crippen molar-refractivity contribution in [2.75, 3.05) is 19.7 Å². The Morgan fingerprint density at radius 3 is 2.65 bits per heavy atom. The number of hydrogen-bond acceptors (Lipinski definition) is 4. The summed E-state index contributed by atoms with van der Waals surface area (Å²) in [7, 11) is 1.82. The summed E-state index contributed by atoms with van der Waals surface area (Å²) in [5.41, 5.74) is 8.76. The Hall–Kier alpha value is -2.83. The highest BCUT2D eigenvalue weighted by atomic mass is 16.5. The minimum atomic E-state index is -0.412. The molecule has 7 nitrogen and oxygen atoms in total. The van der Waals surface area contributed by atoms with Gasteiger partial charge in [-0.25, -0.2) is 0 Å². The first-order valence-corrected chi connectivity index (χ1v) is 8.61. The van der Waals surface area contributed by atoms with Crippen LogP contribution in [0, 0.1) is 19.8 Å². The predicted molar refractivity (Wildman–Crippen MR) is 96.6 cm³/mol. The van der Waals surface area contributed by atoms with Crippen LogP contribution in [0.25, 0.3) is 0 Å². The molecule has 2 atom stereocenters. The van der Waals surface area contributed by atoms with Crippen LogP contribution in [0.2, 0.25) is 0 Å². The zero-order chi connectivity index (χ0) is 18.8. The molecule has 0 saturated carbocycles. The molecule has 0 aliphatic carbocycles. The van der Waals surface area contributed by atoms with E-state index in [-0.39, 0.29) is 18.4 Å². The largest absolute Gasteiger partial charge is 0.484 e. The summed E-state index contributed by atoms with van der Waals surface area (Å²) < 4.78 is 7.31. The average Bonchev–Trinajstić information content (AvgIpc) is 3.22. The van der Waals surface area contributed by atoms with Gasteiger partial charge in [0.15, 0.2) is 6.61 Å². The van der Waals surface area contributed by atoms with Crippen molar-refractivity contribution in [1.82, 2.24) is 14.7 Å². The normalized spacial score (nSPS) is 19.6. The number of aryl methyl sites for hydroxylation is 3. The summed E-state index contributed by atoms with van der Waals surface area (Å²) in [4.78, 5) is 26.0. The highest BCUT2D eigenvalue weighted by molar-refractivity contribution is 5.82. The monoisotopic (exact) mass is 356 g/mol. The molecule has 0 unspecified atom stereocenters. The van der Waals surface area contributed by atoms with Crippen molar-refractivity contribution in [1.29, 1.82) is 0 Å². The summed E-state index contributed by atoms with van der Waals surface area (Å²) >= 11 is 0. The fourth-order valence-corrected chi connectivity index (χ4v) is 3.31. The number of carbonyl (C=O) groups excluding carboxylic acids is 2. The van der Waals surface area contributed by atoms with Gasteiger partial charge in [0.2, 0.25) is 5.91 Å². The van der Waals surface area contributed by atoms with Gasteiger partial charge < -0.3 is 15.4 Å². The van der Waals surface area contributed by atoms with Gasteiger partial charge in [0.05, 0.1) is 12.1 Å². The number of rotatable bonds is 5. The van der Waals surface area contributed by atoms with Gasteiger partial charge in [-0.1, -0.05) is 6.07 Å². The van der Waals surface area contributed by atoms with E-state index in [0.717, 1.165) is 11.1 Å². The van der Waals surface area contributed by atoms with E-state index in [1.165, 1.54) is 5.56 Å². The van der Waals surface area contributed by atoms with Crippen LogP contribution in [0.5, 0.6) is 5.75 Å². The van der Waals surface area contributed by atoms with Crippen LogP contribution in [-0.2, 0) is 16.6 Å². The number of hydrogen-bond donors (Lipinski definition) is 1. The van der Waals surface area contributed by atoms with Gasteiger partial charge in [0, 0.05) is 32.3 Å². The molecular formula is C19H24N4O3. The summed E-state index contributed by atoms with van der Waals surface area (Å²) in [6, 6.07) is 5.73. The highest BCUT2D eigenvalue weighted by Crippen LogP contribution is 2.32. The second kappa shape index (κ2) is 7.19. The van der Waals surface area contributed by atoms with Crippen LogP contribution in [0.4, 0.5) is 0 Å². The maximum absolute atomic E-state index is 12.5. The molecule has 1 aliphatic heterocycles. The molecule has 3 rings (SSSR count). The second-order valence-corrected chi connectivity index (χ2v) is 6.90. The number of likely N-dealkylation sites (tertiary alicyclic amines) is 1. The van der Waals surface area contributed by atoms with Crippen molar-refractivity contribution >= 4 is 11.8 Å². The minimum Gasteiger partial charge on any atom is -0.484 e. The Bertz CT molecular complexity index is 830. The zero-order valence-electron chi connectivity index (χ0n) is 15.3. The highest BCUT2D eigenvalue weighted by Gasteiger charge is 2.40. The molecule has 1 fully saturated rings. The van der Waals surface area contributed by atoms with E-state index in [1.807, 2.05) is 45.3 Å². The van der Waals surface area contributed by atoms with Crippen LogP contribution < -0.4 is 10.5 Å². The number of amides is 2. The molecule has 26 heavy (non-hydrogen) atoms. The summed E-state index contributed by atoms with van der Waals surface area (Å²) in [6.07, 6.45) is 3.58. The SMILES string of the molecule is Cc1ccc(OCC(=O)N2C[C@H](C(N)=O)[C@@H](c3cnn(C)c3)C2)cc1C. The van der Waals surface area contributed by atoms with Gasteiger partial charge in [-0.3, -0.25) is 14.3 Å². The van der Waals surface area contributed by atoms with Gasteiger partial charge in [-0.2, -0.15) is 5.10 Å². The Morgan fingerprint density at radius 1 is 1.27 bits per heavy atom. The average molecular weight is 356 g/mol. The number of nitrogens with zero attached hydrogens (tertiary/aromatic N) is 3. The van der Waals surface area contributed by atoms with Gasteiger partial charge in [-0.05, 0) is 42.7 Å². The smallest absolute Gasteiger partial charge is 0.260 e. The number of aromatic nitrogens is 2. The third-order valence-corrected chi connectivity index (χ3v) is 5.03. The van der Waals surface area contributed by atoms with Crippen LogP contribution >= 0.6 is 0 Å². The van der Waals surface area contributed by atoms with Crippen LogP contribution in [0.1, 0.15) is 22.6 Å². The summed E-state index contributed by atoms with van der Waals surface area (Å²) in [6.45, 7) is 4.71. The molecule has 1 saturated heterocycles. The molecule has 138 valence electrons. The molecule has 2 N–H and O–H groups in total. The van der Waals surface area contributed by atoms with E-state index >= 15 is 0 Å². The maximum Gasteiger partial charge on any atom is 0.260 e. The lowest BCUT2D eigenvalue weighted by molar-refractivity contribution is -0.132. The van der Waals surface area contributed by atoms with Gasteiger partial charge in [0.1, 0.15) is 5.75 Å². The molecule has 1 aromatic heterocycles. The predicted octanol–water partition coefficient (Wildman–Crippen LogP) is 1.14. The van der Waals surface area contributed by atoms with Crippen LogP contribution in [0.3, 0.4) is 0 Å². The Balaban J connectivity index is 1.66. The first kappa shape index (κ1) is 18.0. The van der Waals surface area contributed by atoms with E-state index in [4.69, 9.17) is 10.5 Å². The van der Waals surface area contributed by atoms with Crippen molar-refractivity contribution in [2.24, 2.45) is 18.7 Å². The second-order valence-electron chi connectivity index (χ2n) is 6.90. The maximum atomic E-state index is 12.5. The lowest BCUT2D eigenvalue weighted by atomic mass is 9.90. The molecule has 2 heterocycles. The van der Waals surface area contributed by atoms with E-state index in [9.17, 15) is 9.59 Å². The quantitative estimate of drug-likeness (QED) is 0.870. The van der Waals surface area contributed by atoms with Crippen molar-refractivity contribution in [2.45, 2.75) is 19.8 Å². The Labute approximate surface area is 152 Å². The minimum absolute atomic E-state index is 0.0618. The van der Waals surface area contributed by atoms with Crippen molar-refractivity contribution in [3.05, 3.63) is 47.3 Å². The standard InChI is InChI=1S/C19H24N4O3/c1-12-4-5-15(6-13(12)2)26-11-18(24)23-9-16(17(10-23)19(20)25)14-7-21-22(3)8-14/h4-8,16-17H,9-11H2,1-3H3,(H2,20,25)/t16-,17+/m1/s1.